The van der Waals surface area contributed by atoms with Gasteiger partial charge in [-0.2, -0.15) is 0 Å². The first kappa shape index (κ1) is 15.4. The van der Waals surface area contributed by atoms with Crippen molar-refractivity contribution in [1.29, 1.82) is 0 Å². The predicted molar refractivity (Wildman–Crippen MR) is 103 cm³/mol. The molecule has 5 heteroatoms. The molecule has 0 saturated heterocycles. The van der Waals surface area contributed by atoms with E-state index in [-0.39, 0.29) is 0 Å². The Morgan fingerprint density at radius 1 is 1.17 bits per heavy atom. The summed E-state index contributed by atoms with van der Waals surface area (Å²) in [4.78, 5) is 13.8. The molecular weight excluding hydrogens is 316 g/mol. The van der Waals surface area contributed by atoms with E-state index >= 15 is 0 Å². The molecule has 1 N–H and O–H groups in total. The summed E-state index contributed by atoms with van der Waals surface area (Å²) in [6.07, 6.45) is 5.26. The number of nitrogens with one attached hydrogen (secondary N) is 1. The Balaban J connectivity index is 1.72. The number of rotatable bonds is 3. The maximum atomic E-state index is 4.54. The lowest BCUT2D eigenvalue weighted by atomic mass is 9.88. The number of nitrogens with zero attached hydrogens (tertiary/aromatic N) is 3. The number of hydrogen-bond acceptors (Lipinski definition) is 5. The first-order valence-electron chi connectivity index (χ1n) is 8.41. The third-order valence-electron chi connectivity index (χ3n) is 4.73. The number of anilines is 3. The van der Waals surface area contributed by atoms with E-state index in [0.717, 1.165) is 28.7 Å². The molecular formula is C19H22N4S. The van der Waals surface area contributed by atoms with Crippen LogP contribution in [-0.2, 0) is 12.8 Å². The molecule has 0 bridgehead atoms. The molecule has 2 aromatic heterocycles. The Morgan fingerprint density at radius 2 is 1.96 bits per heavy atom. The third-order valence-corrected chi connectivity index (χ3v) is 5.93. The van der Waals surface area contributed by atoms with E-state index in [1.54, 1.807) is 6.33 Å². The Kier molecular flexibility index (Phi) is 3.88. The minimum absolute atomic E-state index is 0.739. The van der Waals surface area contributed by atoms with Crippen molar-refractivity contribution in [1.82, 2.24) is 9.97 Å². The summed E-state index contributed by atoms with van der Waals surface area (Å²) in [5, 5.41) is 4.72. The van der Waals surface area contributed by atoms with Gasteiger partial charge >= 0.3 is 0 Å². The zero-order valence-corrected chi connectivity index (χ0v) is 15.2. The molecule has 1 aromatic carbocycles. The standard InChI is InChI=1S/C19H22N4S/c1-12-4-9-16-15(10-12)17-18(20-11-21-19(17)24-16)22-13-5-7-14(8-6-13)23(2)3/h5-8,11-12H,4,9-10H2,1-3H3,(H,20,21,22)/t12-/m0/s1. The molecule has 0 saturated carbocycles. The van der Waals surface area contributed by atoms with E-state index in [1.165, 1.54) is 34.4 Å². The van der Waals surface area contributed by atoms with Gasteiger partial charge in [0.25, 0.3) is 0 Å². The van der Waals surface area contributed by atoms with Crippen LogP contribution in [0, 0.1) is 5.92 Å². The minimum Gasteiger partial charge on any atom is -0.378 e. The van der Waals surface area contributed by atoms with Crippen LogP contribution in [0.25, 0.3) is 10.2 Å². The predicted octanol–water partition coefficient (Wildman–Crippen LogP) is 4.63. The van der Waals surface area contributed by atoms with Crippen LogP contribution in [0.4, 0.5) is 17.2 Å². The molecule has 0 fully saturated rings. The van der Waals surface area contributed by atoms with Crippen LogP contribution >= 0.6 is 11.3 Å². The van der Waals surface area contributed by atoms with Gasteiger partial charge in [-0.3, -0.25) is 0 Å². The summed E-state index contributed by atoms with van der Waals surface area (Å²) in [5.74, 6) is 1.67. The molecule has 0 aliphatic heterocycles. The van der Waals surface area contributed by atoms with Crippen LogP contribution in [-0.4, -0.2) is 24.1 Å². The van der Waals surface area contributed by atoms with E-state index in [2.05, 4.69) is 65.5 Å². The van der Waals surface area contributed by atoms with E-state index in [4.69, 9.17) is 0 Å². The minimum atomic E-state index is 0.739. The Hall–Kier alpha value is -2.14. The second-order valence-corrected chi connectivity index (χ2v) is 7.90. The Morgan fingerprint density at radius 3 is 2.71 bits per heavy atom. The van der Waals surface area contributed by atoms with Gasteiger partial charge in [-0.25, -0.2) is 9.97 Å². The topological polar surface area (TPSA) is 41.1 Å². The normalized spacial score (nSPS) is 16.9. The van der Waals surface area contributed by atoms with Gasteiger partial charge in [0, 0.05) is 30.3 Å². The fraction of sp³-hybridized carbons (Fsp3) is 0.368. The highest BCUT2D eigenvalue weighted by molar-refractivity contribution is 7.19. The molecule has 4 rings (SSSR count). The van der Waals surface area contributed by atoms with Crippen molar-refractivity contribution in [2.75, 3.05) is 24.3 Å². The van der Waals surface area contributed by atoms with Crippen LogP contribution in [0.3, 0.4) is 0 Å². The molecule has 0 amide bonds. The number of thiophene rings is 1. The van der Waals surface area contributed by atoms with Crippen molar-refractivity contribution in [3.05, 3.63) is 41.0 Å². The van der Waals surface area contributed by atoms with Crippen molar-refractivity contribution in [3.63, 3.8) is 0 Å². The van der Waals surface area contributed by atoms with Gasteiger partial charge in [0.05, 0.1) is 5.39 Å². The highest BCUT2D eigenvalue weighted by Gasteiger charge is 2.23. The largest absolute Gasteiger partial charge is 0.378 e. The quantitative estimate of drug-likeness (QED) is 0.756. The van der Waals surface area contributed by atoms with Gasteiger partial charge < -0.3 is 10.2 Å². The van der Waals surface area contributed by atoms with Crippen LogP contribution in [0.1, 0.15) is 23.8 Å². The lowest BCUT2D eigenvalue weighted by Gasteiger charge is -2.18. The molecule has 4 nitrogen and oxygen atoms in total. The van der Waals surface area contributed by atoms with E-state index in [1.807, 2.05) is 11.3 Å². The lowest BCUT2D eigenvalue weighted by Crippen LogP contribution is -2.09. The summed E-state index contributed by atoms with van der Waals surface area (Å²) in [6.45, 7) is 2.34. The number of hydrogen-bond donors (Lipinski definition) is 1. The average molecular weight is 338 g/mol. The van der Waals surface area contributed by atoms with Crippen molar-refractivity contribution in [2.24, 2.45) is 5.92 Å². The smallest absolute Gasteiger partial charge is 0.142 e. The van der Waals surface area contributed by atoms with Gasteiger partial charge in [0.1, 0.15) is 17.0 Å². The SMILES string of the molecule is C[C@H]1CCc2sc3ncnc(Nc4ccc(N(C)C)cc4)c3c2C1. The molecule has 0 spiro atoms. The van der Waals surface area contributed by atoms with Crippen molar-refractivity contribution < 1.29 is 0 Å². The fourth-order valence-electron chi connectivity index (χ4n) is 3.36. The first-order valence-corrected chi connectivity index (χ1v) is 9.23. The van der Waals surface area contributed by atoms with Crippen LogP contribution in [0.15, 0.2) is 30.6 Å². The average Bonchev–Trinajstić information content (AvgIpc) is 2.94. The zero-order valence-electron chi connectivity index (χ0n) is 14.3. The van der Waals surface area contributed by atoms with Gasteiger partial charge in [-0.05, 0) is 55.0 Å². The van der Waals surface area contributed by atoms with Crippen molar-refractivity contribution >= 4 is 38.7 Å². The zero-order chi connectivity index (χ0) is 16.7. The summed E-state index contributed by atoms with van der Waals surface area (Å²) in [7, 11) is 4.10. The van der Waals surface area contributed by atoms with Crippen molar-refractivity contribution in [3.8, 4) is 0 Å². The fourth-order valence-corrected chi connectivity index (χ4v) is 4.54. The highest BCUT2D eigenvalue weighted by atomic mass is 32.1. The number of fused-ring (bicyclic) bond motifs is 3. The molecule has 0 unspecified atom stereocenters. The molecule has 24 heavy (non-hydrogen) atoms. The second kappa shape index (κ2) is 6.06. The monoisotopic (exact) mass is 338 g/mol. The van der Waals surface area contributed by atoms with E-state index in [9.17, 15) is 0 Å². The van der Waals surface area contributed by atoms with Gasteiger partial charge in [-0.1, -0.05) is 6.92 Å². The Bertz CT molecular complexity index is 867. The van der Waals surface area contributed by atoms with Gasteiger partial charge in [-0.15, -0.1) is 11.3 Å². The molecule has 3 aromatic rings. The molecule has 0 radical (unpaired) electrons. The van der Waals surface area contributed by atoms with Crippen LogP contribution < -0.4 is 10.2 Å². The molecule has 1 aliphatic rings. The first-order chi connectivity index (χ1) is 11.6. The summed E-state index contributed by atoms with van der Waals surface area (Å²) < 4.78 is 0. The maximum absolute atomic E-state index is 4.54. The van der Waals surface area contributed by atoms with Crippen molar-refractivity contribution in [2.45, 2.75) is 26.2 Å². The van der Waals surface area contributed by atoms with E-state index < -0.39 is 0 Å². The second-order valence-electron chi connectivity index (χ2n) is 6.82. The third kappa shape index (κ3) is 2.73. The number of benzene rings is 1. The van der Waals surface area contributed by atoms with Gasteiger partial charge in [0.2, 0.25) is 0 Å². The number of aryl methyl sites for hydroxylation is 1. The summed E-state index contributed by atoms with van der Waals surface area (Å²) >= 11 is 1.84. The molecule has 124 valence electrons. The number of aromatic nitrogens is 2. The highest BCUT2D eigenvalue weighted by Crippen LogP contribution is 2.40. The molecule has 1 aliphatic carbocycles. The summed E-state index contributed by atoms with van der Waals surface area (Å²) in [5.41, 5.74) is 3.71. The molecule has 2 heterocycles. The summed E-state index contributed by atoms with van der Waals surface area (Å²) in [6, 6.07) is 8.44. The lowest BCUT2D eigenvalue weighted by molar-refractivity contribution is 0.508. The Labute approximate surface area is 146 Å². The van der Waals surface area contributed by atoms with E-state index in [0.29, 0.717) is 0 Å². The maximum Gasteiger partial charge on any atom is 0.142 e. The molecule has 1 atom stereocenters. The van der Waals surface area contributed by atoms with Crippen LogP contribution in [0.5, 0.6) is 0 Å². The van der Waals surface area contributed by atoms with Crippen LogP contribution in [0.2, 0.25) is 0 Å². The van der Waals surface area contributed by atoms with Gasteiger partial charge in [0.15, 0.2) is 0 Å².